The summed E-state index contributed by atoms with van der Waals surface area (Å²) in [7, 11) is 2.08. The third-order valence-corrected chi connectivity index (χ3v) is 8.44. The molecule has 3 nitrogen and oxygen atoms in total. The molecule has 1 aromatic carbocycles. The summed E-state index contributed by atoms with van der Waals surface area (Å²) in [4.78, 5) is 17.1. The molecule has 1 aliphatic heterocycles. The van der Waals surface area contributed by atoms with E-state index in [1.165, 1.54) is 28.6 Å². The number of piperidine rings is 1. The van der Waals surface area contributed by atoms with E-state index in [0.29, 0.717) is 11.3 Å². The van der Waals surface area contributed by atoms with Crippen molar-refractivity contribution in [2.24, 2.45) is 18.4 Å². The largest absolute Gasteiger partial charge is 0.351 e. The van der Waals surface area contributed by atoms with Gasteiger partial charge in [-0.1, -0.05) is 33.6 Å². The zero-order valence-electron chi connectivity index (χ0n) is 17.8. The third kappa shape index (κ3) is 3.72. The van der Waals surface area contributed by atoms with Gasteiger partial charge < -0.3 is 9.47 Å². The topological polar surface area (TPSA) is 25.2 Å². The lowest BCUT2D eigenvalue weighted by atomic mass is 9.75. The van der Waals surface area contributed by atoms with Crippen LogP contribution < -0.4 is 0 Å². The Morgan fingerprint density at radius 2 is 1.79 bits per heavy atom. The van der Waals surface area contributed by atoms with Crippen LogP contribution in [-0.2, 0) is 11.8 Å². The van der Waals surface area contributed by atoms with Crippen molar-refractivity contribution in [3.05, 3.63) is 30.5 Å². The summed E-state index contributed by atoms with van der Waals surface area (Å²) >= 11 is 1.83. The normalized spacial score (nSPS) is 20.8. The van der Waals surface area contributed by atoms with E-state index in [4.69, 9.17) is 0 Å². The summed E-state index contributed by atoms with van der Waals surface area (Å²) in [5, 5.41) is 1.26. The molecule has 0 bridgehead atoms. The number of carbonyl (C=O) groups excluding carboxylic acids is 1. The Hall–Kier alpha value is -1.42. The van der Waals surface area contributed by atoms with Crippen LogP contribution in [0.15, 0.2) is 35.4 Å². The molecule has 2 aliphatic rings. The van der Waals surface area contributed by atoms with E-state index in [9.17, 15) is 4.79 Å². The van der Waals surface area contributed by atoms with Crippen molar-refractivity contribution in [1.82, 2.24) is 9.47 Å². The summed E-state index contributed by atoms with van der Waals surface area (Å²) in [6.07, 6.45) is 8.77. The molecule has 1 amide bonds. The van der Waals surface area contributed by atoms with E-state index >= 15 is 0 Å². The fourth-order valence-electron chi connectivity index (χ4n) is 5.09. The van der Waals surface area contributed by atoms with Crippen molar-refractivity contribution < 1.29 is 4.79 Å². The predicted molar refractivity (Wildman–Crippen MR) is 119 cm³/mol. The summed E-state index contributed by atoms with van der Waals surface area (Å²) in [5.74, 6) is 1.12. The number of hydrogen-bond acceptors (Lipinski definition) is 2. The van der Waals surface area contributed by atoms with Crippen LogP contribution in [0.4, 0.5) is 0 Å². The molecule has 28 heavy (non-hydrogen) atoms. The van der Waals surface area contributed by atoms with E-state index < -0.39 is 0 Å². The maximum atomic E-state index is 13.7. The first kappa shape index (κ1) is 19.9. The fraction of sp³-hybridized carbons (Fsp3) is 0.625. The first-order valence-electron chi connectivity index (χ1n) is 10.8. The summed E-state index contributed by atoms with van der Waals surface area (Å²) < 4.78 is 1.90. The lowest BCUT2D eigenvalue weighted by molar-refractivity contribution is -0.135. The van der Waals surface area contributed by atoms with Crippen LogP contribution >= 0.6 is 11.8 Å². The summed E-state index contributed by atoms with van der Waals surface area (Å²) in [5.41, 5.74) is 1.60. The smallest absolute Gasteiger partial charge is 0.239 e. The predicted octanol–water partition coefficient (Wildman–Crippen LogP) is 5.87. The van der Waals surface area contributed by atoms with Crippen molar-refractivity contribution in [3.63, 3.8) is 0 Å². The van der Waals surface area contributed by atoms with Crippen molar-refractivity contribution in [3.8, 4) is 0 Å². The van der Waals surface area contributed by atoms with Crippen LogP contribution in [-0.4, -0.2) is 33.2 Å². The van der Waals surface area contributed by atoms with Crippen LogP contribution in [0.1, 0.15) is 59.3 Å². The molecule has 1 saturated carbocycles. The number of likely N-dealkylation sites (tertiary alicyclic amines) is 1. The van der Waals surface area contributed by atoms with E-state index in [1.54, 1.807) is 0 Å². The molecule has 1 aromatic heterocycles. The quantitative estimate of drug-likeness (QED) is 0.646. The lowest BCUT2D eigenvalue weighted by Crippen LogP contribution is -2.49. The van der Waals surface area contributed by atoms with Gasteiger partial charge in [0.1, 0.15) is 0 Å². The number of aromatic nitrogens is 1. The summed E-state index contributed by atoms with van der Waals surface area (Å²) in [6.45, 7) is 8.87. The molecule has 2 heterocycles. The maximum absolute atomic E-state index is 13.7. The third-order valence-electron chi connectivity index (χ3n) is 6.98. The van der Waals surface area contributed by atoms with Gasteiger partial charge in [-0.15, -0.1) is 11.8 Å². The zero-order chi connectivity index (χ0) is 19.9. The van der Waals surface area contributed by atoms with Gasteiger partial charge in [-0.3, -0.25) is 4.79 Å². The average Bonchev–Trinajstić information content (AvgIpc) is 3.28. The van der Waals surface area contributed by atoms with Gasteiger partial charge in [0.05, 0.1) is 4.75 Å². The number of amides is 1. The van der Waals surface area contributed by atoms with E-state index in [1.807, 2.05) is 11.8 Å². The Morgan fingerprint density at radius 3 is 2.43 bits per heavy atom. The Bertz CT molecular complexity index is 849. The van der Waals surface area contributed by atoms with E-state index in [2.05, 4.69) is 67.7 Å². The minimum Gasteiger partial charge on any atom is -0.351 e. The van der Waals surface area contributed by atoms with Gasteiger partial charge in [0.15, 0.2) is 0 Å². The Morgan fingerprint density at radius 1 is 1.11 bits per heavy atom. The Kier molecular flexibility index (Phi) is 5.28. The zero-order valence-corrected chi connectivity index (χ0v) is 18.6. The minimum atomic E-state index is -0.253. The number of thioether (sulfide) groups is 1. The molecular formula is C24H34N2OS. The molecular weight excluding hydrogens is 364 g/mol. The highest BCUT2D eigenvalue weighted by molar-refractivity contribution is 8.01. The van der Waals surface area contributed by atoms with Crippen molar-refractivity contribution in [2.45, 2.75) is 68.9 Å². The van der Waals surface area contributed by atoms with Gasteiger partial charge in [-0.05, 0) is 61.3 Å². The maximum Gasteiger partial charge on any atom is 0.239 e. The van der Waals surface area contributed by atoms with E-state index in [-0.39, 0.29) is 4.75 Å². The number of hydrogen-bond donors (Lipinski definition) is 0. The molecule has 1 saturated heterocycles. The van der Waals surface area contributed by atoms with E-state index in [0.717, 1.165) is 44.7 Å². The number of benzene rings is 1. The molecule has 2 aromatic rings. The molecule has 0 radical (unpaired) electrons. The van der Waals surface area contributed by atoms with Gasteiger partial charge in [-0.2, -0.15) is 0 Å². The monoisotopic (exact) mass is 398 g/mol. The van der Waals surface area contributed by atoms with Gasteiger partial charge in [0.2, 0.25) is 5.91 Å². The molecule has 1 aliphatic carbocycles. The van der Waals surface area contributed by atoms with Gasteiger partial charge in [0, 0.05) is 42.1 Å². The molecule has 0 unspecified atom stereocenters. The molecule has 0 N–H and O–H groups in total. The van der Waals surface area contributed by atoms with Crippen LogP contribution in [0.5, 0.6) is 0 Å². The van der Waals surface area contributed by atoms with Crippen LogP contribution in [0.2, 0.25) is 0 Å². The molecule has 0 atom stereocenters. The molecule has 4 heteroatoms. The first-order chi connectivity index (χ1) is 13.3. The van der Waals surface area contributed by atoms with Crippen LogP contribution in [0.25, 0.3) is 10.9 Å². The average molecular weight is 399 g/mol. The van der Waals surface area contributed by atoms with Crippen LogP contribution in [0.3, 0.4) is 0 Å². The number of rotatable bonds is 3. The second kappa shape index (κ2) is 7.44. The lowest BCUT2D eigenvalue weighted by Gasteiger charge is -2.41. The number of carbonyl (C=O) groups is 1. The Labute approximate surface area is 173 Å². The highest BCUT2D eigenvalue weighted by atomic mass is 32.2. The van der Waals surface area contributed by atoms with Crippen LogP contribution in [0, 0.1) is 11.3 Å². The SMILES string of the molecule is Cn1ccc2cc(SC3(C(=O)N4CCC(C(C)(C)C)CC4)CCCC3)ccc21. The standard InChI is InChI=1S/C24H34N2OS/c1-23(2,3)19-10-15-26(16-11-19)22(27)24(12-5-6-13-24)28-20-7-8-21-18(17-20)9-14-25(21)4/h7-9,14,17,19H,5-6,10-13,15-16H2,1-4H3. The molecule has 2 fully saturated rings. The number of fused-ring (bicyclic) bond motifs is 1. The van der Waals surface area contributed by atoms with Gasteiger partial charge >= 0.3 is 0 Å². The molecule has 152 valence electrons. The van der Waals surface area contributed by atoms with Gasteiger partial charge in [-0.25, -0.2) is 0 Å². The van der Waals surface area contributed by atoms with Gasteiger partial charge in [0.25, 0.3) is 0 Å². The number of aryl methyl sites for hydroxylation is 1. The molecule has 4 rings (SSSR count). The summed E-state index contributed by atoms with van der Waals surface area (Å²) in [6, 6.07) is 8.82. The highest BCUT2D eigenvalue weighted by Gasteiger charge is 2.45. The van der Waals surface area contributed by atoms with Crippen molar-refractivity contribution >= 4 is 28.6 Å². The fourth-order valence-corrected chi connectivity index (χ4v) is 6.57. The minimum absolute atomic E-state index is 0.253. The van der Waals surface area contributed by atoms with Crippen molar-refractivity contribution in [2.75, 3.05) is 13.1 Å². The number of nitrogens with zero attached hydrogens (tertiary/aromatic N) is 2. The second-order valence-corrected chi connectivity index (χ2v) is 11.3. The molecule has 0 spiro atoms. The first-order valence-corrected chi connectivity index (χ1v) is 11.6. The second-order valence-electron chi connectivity index (χ2n) is 9.88. The highest BCUT2D eigenvalue weighted by Crippen LogP contribution is 2.47. The van der Waals surface area contributed by atoms with Crippen molar-refractivity contribution in [1.29, 1.82) is 0 Å². The Balaban J connectivity index is 1.51.